The smallest absolute Gasteiger partial charge is 0.338 e. The number of ether oxygens (including phenoxy) is 1. The van der Waals surface area contributed by atoms with E-state index in [0.717, 1.165) is 19.3 Å². The number of benzene rings is 1. The summed E-state index contributed by atoms with van der Waals surface area (Å²) >= 11 is 6.09. The zero-order valence-corrected chi connectivity index (χ0v) is 15.3. The molecule has 136 valence electrons. The highest BCUT2D eigenvalue weighted by molar-refractivity contribution is 7.89. The molecule has 0 N–H and O–H groups in total. The number of hydrogen-bond acceptors (Lipinski definition) is 5. The second kappa shape index (κ2) is 7.43. The molecule has 1 aromatic rings. The molecule has 1 aliphatic heterocycles. The number of halogens is 1. The van der Waals surface area contributed by atoms with Crippen LogP contribution in [0.3, 0.4) is 0 Å². The van der Waals surface area contributed by atoms with Crippen molar-refractivity contribution in [2.75, 3.05) is 13.1 Å². The first kappa shape index (κ1) is 18.4. The maximum absolute atomic E-state index is 12.8. The number of ketones is 1. The third-order valence-electron chi connectivity index (χ3n) is 4.60. The summed E-state index contributed by atoms with van der Waals surface area (Å²) in [6.45, 7) is 0.897. The van der Waals surface area contributed by atoms with Crippen molar-refractivity contribution < 1.29 is 22.7 Å². The van der Waals surface area contributed by atoms with E-state index in [0.29, 0.717) is 32.4 Å². The molecule has 8 heteroatoms. The van der Waals surface area contributed by atoms with Gasteiger partial charge in [-0.2, -0.15) is 4.31 Å². The van der Waals surface area contributed by atoms with Crippen molar-refractivity contribution in [3.05, 3.63) is 28.8 Å². The molecule has 0 radical (unpaired) electrons. The van der Waals surface area contributed by atoms with Gasteiger partial charge in [-0.05, 0) is 43.9 Å². The SMILES string of the molecule is O=C(O[C@H]1CCCC1=O)c1ccc(Cl)c(S(=O)(=O)N2CCCCC2)c1. The van der Waals surface area contributed by atoms with Gasteiger partial charge < -0.3 is 4.74 Å². The minimum atomic E-state index is -3.76. The number of esters is 1. The molecule has 1 saturated carbocycles. The van der Waals surface area contributed by atoms with E-state index in [2.05, 4.69) is 0 Å². The molecule has 1 aromatic carbocycles. The first-order valence-corrected chi connectivity index (χ1v) is 10.2. The minimum absolute atomic E-state index is 0.0686. The average Bonchev–Trinajstić information content (AvgIpc) is 3.00. The Morgan fingerprint density at radius 1 is 1.16 bits per heavy atom. The van der Waals surface area contributed by atoms with Gasteiger partial charge in [0.25, 0.3) is 0 Å². The maximum Gasteiger partial charge on any atom is 0.338 e. The van der Waals surface area contributed by atoms with Crippen LogP contribution >= 0.6 is 11.6 Å². The fourth-order valence-corrected chi connectivity index (χ4v) is 5.20. The normalized spacial score (nSPS) is 22.1. The van der Waals surface area contributed by atoms with E-state index < -0.39 is 22.1 Å². The van der Waals surface area contributed by atoms with Crippen molar-refractivity contribution >= 4 is 33.4 Å². The number of rotatable bonds is 4. The Hall–Kier alpha value is -1.44. The van der Waals surface area contributed by atoms with Gasteiger partial charge in [0, 0.05) is 19.5 Å². The van der Waals surface area contributed by atoms with Gasteiger partial charge in [-0.25, -0.2) is 13.2 Å². The molecule has 2 fully saturated rings. The van der Waals surface area contributed by atoms with Crippen LogP contribution in [0.5, 0.6) is 0 Å². The zero-order valence-electron chi connectivity index (χ0n) is 13.7. The van der Waals surface area contributed by atoms with E-state index in [1.165, 1.54) is 22.5 Å². The number of nitrogens with zero attached hydrogens (tertiary/aromatic N) is 1. The second-order valence-electron chi connectivity index (χ2n) is 6.36. The molecule has 0 spiro atoms. The van der Waals surface area contributed by atoms with Gasteiger partial charge in [0.05, 0.1) is 10.6 Å². The standard InChI is InChI=1S/C17H20ClNO5S/c18-13-8-7-12(17(21)24-15-6-4-5-14(15)20)11-16(13)25(22,23)19-9-2-1-3-10-19/h7-8,11,15H,1-6,9-10H2/t15-/m0/s1. The lowest BCUT2D eigenvalue weighted by Crippen LogP contribution is -2.35. The van der Waals surface area contributed by atoms with Crippen LogP contribution in [0.25, 0.3) is 0 Å². The minimum Gasteiger partial charge on any atom is -0.451 e. The maximum atomic E-state index is 12.8. The van der Waals surface area contributed by atoms with Gasteiger partial charge in [-0.1, -0.05) is 18.0 Å². The van der Waals surface area contributed by atoms with Crippen LogP contribution in [0.15, 0.2) is 23.1 Å². The summed E-state index contributed by atoms with van der Waals surface area (Å²) in [7, 11) is -3.76. The fourth-order valence-electron chi connectivity index (χ4n) is 3.18. The van der Waals surface area contributed by atoms with Crippen molar-refractivity contribution in [1.29, 1.82) is 0 Å². The lowest BCUT2D eigenvalue weighted by atomic mass is 10.2. The molecule has 1 atom stereocenters. The van der Waals surface area contributed by atoms with E-state index in [4.69, 9.17) is 16.3 Å². The molecule has 0 bridgehead atoms. The molecule has 1 aliphatic carbocycles. The quantitative estimate of drug-likeness (QED) is 0.744. The van der Waals surface area contributed by atoms with Crippen molar-refractivity contribution in [3.8, 4) is 0 Å². The summed E-state index contributed by atoms with van der Waals surface area (Å²) in [5.41, 5.74) is 0.0830. The monoisotopic (exact) mass is 385 g/mol. The van der Waals surface area contributed by atoms with Gasteiger partial charge in [0.2, 0.25) is 10.0 Å². The molecule has 6 nitrogen and oxygen atoms in total. The van der Waals surface area contributed by atoms with Crippen molar-refractivity contribution in [2.45, 2.75) is 49.5 Å². The molecule has 3 rings (SSSR count). The molecular formula is C17H20ClNO5S. The van der Waals surface area contributed by atoms with Crippen molar-refractivity contribution in [3.63, 3.8) is 0 Å². The predicted molar refractivity (Wildman–Crippen MR) is 92.1 cm³/mol. The van der Waals surface area contributed by atoms with Crippen molar-refractivity contribution in [1.82, 2.24) is 4.31 Å². The van der Waals surface area contributed by atoms with Crippen molar-refractivity contribution in [2.24, 2.45) is 0 Å². The highest BCUT2D eigenvalue weighted by Crippen LogP contribution is 2.28. The number of carbonyl (C=O) groups is 2. The van der Waals surface area contributed by atoms with Gasteiger partial charge in [0.15, 0.2) is 11.9 Å². The Balaban J connectivity index is 1.84. The Kier molecular flexibility index (Phi) is 5.46. The molecule has 0 aromatic heterocycles. The lowest BCUT2D eigenvalue weighted by molar-refractivity contribution is -0.124. The van der Waals surface area contributed by atoms with Crippen LogP contribution < -0.4 is 0 Å². The summed E-state index contributed by atoms with van der Waals surface area (Å²) in [6.07, 6.45) is 3.51. The predicted octanol–water partition coefficient (Wildman–Crippen LogP) is 2.79. The van der Waals surface area contributed by atoms with Gasteiger partial charge in [0.1, 0.15) is 4.90 Å². The highest BCUT2D eigenvalue weighted by atomic mass is 35.5. The Bertz CT molecular complexity index is 786. The third kappa shape index (κ3) is 3.88. The molecule has 1 saturated heterocycles. The second-order valence-corrected chi connectivity index (χ2v) is 8.68. The number of hydrogen-bond donors (Lipinski definition) is 0. The molecule has 0 unspecified atom stereocenters. The summed E-state index contributed by atoms with van der Waals surface area (Å²) in [5, 5.41) is 0.0686. The summed E-state index contributed by atoms with van der Waals surface area (Å²) in [5.74, 6) is -0.796. The molecular weight excluding hydrogens is 366 g/mol. The fraction of sp³-hybridized carbons (Fsp3) is 0.529. The van der Waals surface area contributed by atoms with Gasteiger partial charge in [-0.15, -0.1) is 0 Å². The third-order valence-corrected chi connectivity index (χ3v) is 6.98. The topological polar surface area (TPSA) is 80.8 Å². The van der Waals surface area contributed by atoms with Crippen LogP contribution in [-0.2, 0) is 19.6 Å². The largest absolute Gasteiger partial charge is 0.451 e. The molecule has 25 heavy (non-hydrogen) atoms. The Morgan fingerprint density at radius 2 is 1.88 bits per heavy atom. The lowest BCUT2D eigenvalue weighted by Gasteiger charge is -2.26. The zero-order chi connectivity index (χ0) is 18.0. The molecule has 2 aliphatic rings. The number of carbonyl (C=O) groups excluding carboxylic acids is 2. The van der Waals surface area contributed by atoms with E-state index >= 15 is 0 Å². The van der Waals surface area contributed by atoms with E-state index in [9.17, 15) is 18.0 Å². The highest BCUT2D eigenvalue weighted by Gasteiger charge is 2.31. The van der Waals surface area contributed by atoms with E-state index in [1.54, 1.807) is 0 Å². The van der Waals surface area contributed by atoms with Crippen LogP contribution in [0.1, 0.15) is 48.9 Å². The summed E-state index contributed by atoms with van der Waals surface area (Å²) in [4.78, 5) is 23.8. The van der Waals surface area contributed by atoms with Gasteiger partial charge >= 0.3 is 5.97 Å². The van der Waals surface area contributed by atoms with Gasteiger partial charge in [-0.3, -0.25) is 4.79 Å². The van der Waals surface area contributed by atoms with Crippen LogP contribution in [0.4, 0.5) is 0 Å². The number of Topliss-reactive ketones (excluding diaryl/α,β-unsaturated/α-hetero) is 1. The van der Waals surface area contributed by atoms with Crippen LogP contribution in [0, 0.1) is 0 Å². The number of piperidine rings is 1. The Morgan fingerprint density at radius 3 is 2.52 bits per heavy atom. The number of sulfonamides is 1. The first-order chi connectivity index (χ1) is 11.9. The first-order valence-electron chi connectivity index (χ1n) is 8.43. The van der Waals surface area contributed by atoms with E-state index in [1.807, 2.05) is 0 Å². The van der Waals surface area contributed by atoms with E-state index in [-0.39, 0.29) is 21.3 Å². The molecule has 1 heterocycles. The molecule has 0 amide bonds. The summed E-state index contributed by atoms with van der Waals surface area (Å²) in [6, 6.07) is 4.04. The van der Waals surface area contributed by atoms with Crippen LogP contribution in [0.2, 0.25) is 5.02 Å². The Labute approximate surface area is 152 Å². The van der Waals surface area contributed by atoms with Crippen LogP contribution in [-0.4, -0.2) is 43.7 Å². The summed E-state index contributed by atoms with van der Waals surface area (Å²) < 4.78 is 32.2. The average molecular weight is 386 g/mol.